The molecule has 2 bridgehead atoms. The topological polar surface area (TPSA) is 99.8 Å². The number of carbonyl (C=O) groups is 3. The normalized spacial score (nSPS) is 21.5. The molecule has 3 N–H and O–H groups in total. The molecule has 39 heavy (non-hydrogen) atoms. The van der Waals surface area contributed by atoms with Crippen molar-refractivity contribution in [3.05, 3.63) is 71.9 Å². The lowest BCUT2D eigenvalue weighted by molar-refractivity contribution is -0.136. The second-order valence-electron chi connectivity index (χ2n) is 10.8. The highest BCUT2D eigenvalue weighted by atomic mass is 16.5. The maximum atomic E-state index is 13.9. The summed E-state index contributed by atoms with van der Waals surface area (Å²) in [6, 6.07) is 14.8. The molecule has 0 spiro atoms. The molecule has 2 aromatic rings. The summed E-state index contributed by atoms with van der Waals surface area (Å²) < 4.78 is 6.35. The van der Waals surface area contributed by atoms with Gasteiger partial charge in [0.1, 0.15) is 23.9 Å². The Morgan fingerprint density at radius 2 is 1.67 bits per heavy atom. The van der Waals surface area contributed by atoms with Crippen LogP contribution in [-0.2, 0) is 20.8 Å². The minimum absolute atomic E-state index is 0.128. The monoisotopic (exact) mass is 534 g/mol. The zero-order valence-corrected chi connectivity index (χ0v) is 23.8. The molecule has 2 aliphatic heterocycles. The fourth-order valence-corrected chi connectivity index (χ4v) is 4.55. The Kier molecular flexibility index (Phi) is 10.7. The first-order valence-electron chi connectivity index (χ1n) is 13.7. The lowest BCUT2D eigenvalue weighted by Gasteiger charge is -2.34. The molecule has 3 amide bonds. The van der Waals surface area contributed by atoms with E-state index in [4.69, 9.17) is 4.74 Å². The van der Waals surface area contributed by atoms with Gasteiger partial charge in [-0.05, 0) is 61.7 Å². The molecule has 0 aliphatic carbocycles. The lowest BCUT2D eigenvalue weighted by atomic mass is 9.94. The maximum absolute atomic E-state index is 13.9. The van der Waals surface area contributed by atoms with Gasteiger partial charge in [0.25, 0.3) is 0 Å². The molecule has 0 saturated carbocycles. The van der Waals surface area contributed by atoms with Crippen LogP contribution in [0.2, 0.25) is 0 Å². The fourth-order valence-electron chi connectivity index (χ4n) is 4.55. The molecule has 2 aliphatic rings. The average molecular weight is 535 g/mol. The van der Waals surface area contributed by atoms with Crippen molar-refractivity contribution < 1.29 is 19.1 Å². The van der Waals surface area contributed by atoms with Crippen LogP contribution in [0.3, 0.4) is 0 Å². The van der Waals surface area contributed by atoms with Crippen molar-refractivity contribution >= 4 is 23.8 Å². The van der Waals surface area contributed by atoms with Gasteiger partial charge >= 0.3 is 0 Å². The van der Waals surface area contributed by atoms with E-state index in [0.717, 1.165) is 11.1 Å². The molecule has 210 valence electrons. The van der Waals surface area contributed by atoms with Gasteiger partial charge in [-0.3, -0.25) is 19.3 Å². The van der Waals surface area contributed by atoms with Crippen LogP contribution in [0, 0.1) is 11.8 Å². The van der Waals surface area contributed by atoms with Gasteiger partial charge in [-0.15, -0.1) is 0 Å². The first-order chi connectivity index (χ1) is 18.6. The van der Waals surface area contributed by atoms with Crippen molar-refractivity contribution in [3.63, 3.8) is 0 Å². The molecule has 8 heteroatoms. The largest absolute Gasteiger partial charge is 0.487 e. The van der Waals surface area contributed by atoms with Crippen LogP contribution in [0.1, 0.15) is 45.2 Å². The van der Waals surface area contributed by atoms with Crippen LogP contribution >= 0.6 is 0 Å². The average Bonchev–Trinajstić information content (AvgIpc) is 2.92. The third-order valence-electron chi connectivity index (χ3n) is 7.21. The van der Waals surface area contributed by atoms with Crippen LogP contribution in [-0.4, -0.2) is 60.9 Å². The van der Waals surface area contributed by atoms with Crippen LogP contribution in [0.25, 0.3) is 6.08 Å². The maximum Gasteiger partial charge on any atom is 0.247 e. The summed E-state index contributed by atoms with van der Waals surface area (Å²) in [6.07, 6.45) is 3.85. The number of benzene rings is 2. The number of nitrogens with one attached hydrogen (secondary N) is 3. The van der Waals surface area contributed by atoms with Gasteiger partial charge in [-0.25, -0.2) is 0 Å². The highest BCUT2D eigenvalue weighted by Crippen LogP contribution is 2.21. The number of fused-ring (bicyclic) bond motifs is 10. The van der Waals surface area contributed by atoms with Crippen molar-refractivity contribution in [2.45, 2.75) is 64.8 Å². The number of amides is 3. The van der Waals surface area contributed by atoms with Crippen molar-refractivity contribution in [1.82, 2.24) is 20.9 Å². The van der Waals surface area contributed by atoms with Crippen molar-refractivity contribution in [3.8, 4) is 5.75 Å². The summed E-state index contributed by atoms with van der Waals surface area (Å²) in [5.74, 6) is -0.734. The summed E-state index contributed by atoms with van der Waals surface area (Å²) in [7, 11) is 3.69. The Bertz CT molecular complexity index is 1130. The first-order valence-corrected chi connectivity index (χ1v) is 13.7. The molecule has 5 atom stereocenters. The number of hydrogen-bond donors (Lipinski definition) is 3. The minimum Gasteiger partial charge on any atom is -0.487 e. The molecule has 0 fully saturated rings. The summed E-state index contributed by atoms with van der Waals surface area (Å²) in [6.45, 7) is 7.78. The Balaban J connectivity index is 1.99. The molecule has 8 nitrogen and oxygen atoms in total. The number of rotatable bonds is 8. The second-order valence-corrected chi connectivity index (χ2v) is 10.8. The second kappa shape index (κ2) is 13.9. The number of ether oxygens (including phenoxy) is 1. The summed E-state index contributed by atoms with van der Waals surface area (Å²) in [5.41, 5.74) is 1.91. The molecule has 1 unspecified atom stereocenters. The number of carbonyl (C=O) groups excluding carboxylic acids is 3. The van der Waals surface area contributed by atoms with Gasteiger partial charge < -0.3 is 20.7 Å². The van der Waals surface area contributed by atoms with Gasteiger partial charge in [0.15, 0.2) is 0 Å². The van der Waals surface area contributed by atoms with Crippen molar-refractivity contribution in [2.75, 3.05) is 14.1 Å². The van der Waals surface area contributed by atoms with E-state index in [1.807, 2.05) is 101 Å². The van der Waals surface area contributed by atoms with Gasteiger partial charge in [0.2, 0.25) is 17.7 Å². The molecule has 0 radical (unpaired) electrons. The SMILES string of the molecule is CC[C@@H](C)[C@@H]1NC(=O)C(NC(=O)[C@H](Cc2ccccc2)N(C)C)[C@@H](C(C)C)Oc2ccc(cc2)C=CNC1=O. The van der Waals surface area contributed by atoms with Crippen LogP contribution in [0.15, 0.2) is 60.8 Å². The highest BCUT2D eigenvalue weighted by Gasteiger charge is 2.38. The minimum atomic E-state index is -1.03. The summed E-state index contributed by atoms with van der Waals surface area (Å²) in [4.78, 5) is 42.6. The Hall–Kier alpha value is -3.65. The molecular formula is C31H42N4O4. The predicted molar refractivity (Wildman–Crippen MR) is 154 cm³/mol. The van der Waals surface area contributed by atoms with E-state index in [2.05, 4.69) is 16.0 Å². The summed E-state index contributed by atoms with van der Waals surface area (Å²) in [5, 5.41) is 8.73. The van der Waals surface area contributed by atoms with E-state index in [-0.39, 0.29) is 23.7 Å². The lowest BCUT2D eigenvalue weighted by Crippen LogP contribution is -2.62. The van der Waals surface area contributed by atoms with Crippen LogP contribution in [0.4, 0.5) is 0 Å². The molecular weight excluding hydrogens is 492 g/mol. The first kappa shape index (κ1) is 29.9. The Labute approximate surface area is 232 Å². The van der Waals surface area contributed by atoms with Gasteiger partial charge in [-0.1, -0.05) is 76.6 Å². The summed E-state index contributed by atoms with van der Waals surface area (Å²) >= 11 is 0. The van der Waals surface area contributed by atoms with Crippen molar-refractivity contribution in [1.29, 1.82) is 0 Å². The number of likely N-dealkylation sites (N-methyl/N-ethyl adjacent to an activating group) is 1. The molecule has 0 aromatic heterocycles. The van der Waals surface area contributed by atoms with E-state index < -0.39 is 30.1 Å². The van der Waals surface area contributed by atoms with Crippen LogP contribution in [0.5, 0.6) is 5.75 Å². The van der Waals surface area contributed by atoms with Gasteiger partial charge in [-0.2, -0.15) is 0 Å². The molecule has 2 aromatic carbocycles. The highest BCUT2D eigenvalue weighted by molar-refractivity contribution is 5.94. The molecule has 4 rings (SSSR count). The quantitative estimate of drug-likeness (QED) is 0.482. The van der Waals surface area contributed by atoms with E-state index in [1.54, 1.807) is 12.3 Å². The Morgan fingerprint density at radius 1 is 1.00 bits per heavy atom. The smallest absolute Gasteiger partial charge is 0.247 e. The van der Waals surface area contributed by atoms with E-state index in [9.17, 15) is 14.4 Å². The molecule has 2 heterocycles. The van der Waals surface area contributed by atoms with Gasteiger partial charge in [0, 0.05) is 6.20 Å². The van der Waals surface area contributed by atoms with Gasteiger partial charge in [0.05, 0.1) is 6.04 Å². The zero-order chi connectivity index (χ0) is 28.5. The fraction of sp³-hybridized carbons (Fsp3) is 0.452. The zero-order valence-electron chi connectivity index (χ0n) is 23.8. The third-order valence-corrected chi connectivity index (χ3v) is 7.21. The van der Waals surface area contributed by atoms with E-state index >= 15 is 0 Å². The predicted octanol–water partition coefficient (Wildman–Crippen LogP) is 3.38. The van der Waals surface area contributed by atoms with E-state index in [0.29, 0.717) is 18.6 Å². The number of hydrogen-bond acceptors (Lipinski definition) is 5. The molecule has 0 saturated heterocycles. The number of nitrogens with zero attached hydrogens (tertiary/aromatic N) is 1. The van der Waals surface area contributed by atoms with Crippen LogP contribution < -0.4 is 20.7 Å². The third kappa shape index (κ3) is 8.17. The Morgan fingerprint density at radius 3 is 2.26 bits per heavy atom. The van der Waals surface area contributed by atoms with E-state index in [1.165, 1.54) is 0 Å². The van der Waals surface area contributed by atoms with Crippen molar-refractivity contribution in [2.24, 2.45) is 11.8 Å². The standard InChI is InChI=1S/C31H42N4O4/c1-7-21(4)26-30(37)32-18-17-22-13-15-24(16-14-22)39-28(20(2)3)27(31(38)33-26)34-29(36)25(35(5)6)19-23-11-9-8-10-12-23/h8-18,20-21,25-28H,7,19H2,1-6H3,(H,32,37)(H,33,38)(H,34,36)/t21-,25+,26+,27?,28-/m1/s1.